The summed E-state index contributed by atoms with van der Waals surface area (Å²) in [5, 5.41) is 0. The van der Waals surface area contributed by atoms with Crippen LogP contribution in [0.25, 0.3) is 0 Å². The van der Waals surface area contributed by atoms with Crippen molar-refractivity contribution in [2.45, 2.75) is 18.4 Å². The van der Waals surface area contributed by atoms with E-state index in [1.807, 2.05) is 0 Å². The molecule has 136 valence electrons. The molecule has 6 nitrogen and oxygen atoms in total. The summed E-state index contributed by atoms with van der Waals surface area (Å²) in [4.78, 5) is -0.105. The lowest BCUT2D eigenvalue weighted by Crippen LogP contribution is -2.24. The lowest BCUT2D eigenvalue weighted by atomic mass is 10.1. The van der Waals surface area contributed by atoms with Crippen molar-refractivity contribution in [3.63, 3.8) is 0 Å². The van der Waals surface area contributed by atoms with Crippen molar-refractivity contribution >= 4 is 10.0 Å². The number of hydrogen-bond acceptors (Lipinski definition) is 5. The minimum absolute atomic E-state index is 0.0538. The monoisotopic (exact) mass is 369 g/mol. The summed E-state index contributed by atoms with van der Waals surface area (Å²) >= 11 is 0. The van der Waals surface area contributed by atoms with Crippen molar-refractivity contribution in [2.75, 3.05) is 21.3 Å². The summed E-state index contributed by atoms with van der Waals surface area (Å²) in [6.07, 6.45) is 0. The maximum Gasteiger partial charge on any atom is 0.241 e. The van der Waals surface area contributed by atoms with E-state index in [2.05, 4.69) is 4.72 Å². The smallest absolute Gasteiger partial charge is 0.241 e. The van der Waals surface area contributed by atoms with E-state index in [-0.39, 0.29) is 11.4 Å². The fraction of sp³-hybridized carbons (Fsp3) is 0.294. The molecular formula is C17H20FNO5S. The standard InChI is InChI=1S/C17H20FNO5S/c1-11-5-6-13(18)8-17(11)25(20,21)19-10-12-7-15(23-3)16(24-4)9-14(12)22-2/h5-9,19H,10H2,1-4H3. The van der Waals surface area contributed by atoms with Crippen molar-refractivity contribution < 1.29 is 27.0 Å². The van der Waals surface area contributed by atoms with Gasteiger partial charge in [0.05, 0.1) is 26.2 Å². The van der Waals surface area contributed by atoms with Crippen LogP contribution in [0.1, 0.15) is 11.1 Å². The average molecular weight is 369 g/mol. The summed E-state index contributed by atoms with van der Waals surface area (Å²) in [5.41, 5.74) is 1.01. The van der Waals surface area contributed by atoms with Crippen LogP contribution in [0.3, 0.4) is 0 Å². The second-order valence-corrected chi connectivity index (χ2v) is 6.99. The van der Waals surface area contributed by atoms with Crippen LogP contribution in [0.5, 0.6) is 17.2 Å². The summed E-state index contributed by atoms with van der Waals surface area (Å²) < 4.78 is 56.5. The van der Waals surface area contributed by atoms with Crippen molar-refractivity contribution in [3.8, 4) is 17.2 Å². The third kappa shape index (κ3) is 4.21. The molecule has 25 heavy (non-hydrogen) atoms. The zero-order chi connectivity index (χ0) is 18.6. The summed E-state index contributed by atoms with van der Waals surface area (Å²) in [6, 6.07) is 6.85. The van der Waals surface area contributed by atoms with Gasteiger partial charge in [-0.15, -0.1) is 0 Å². The van der Waals surface area contributed by atoms with Gasteiger partial charge in [-0.05, 0) is 30.7 Å². The zero-order valence-electron chi connectivity index (χ0n) is 14.4. The van der Waals surface area contributed by atoms with Crippen LogP contribution in [-0.2, 0) is 16.6 Å². The van der Waals surface area contributed by atoms with Gasteiger partial charge in [-0.25, -0.2) is 17.5 Å². The number of benzene rings is 2. The minimum atomic E-state index is -3.89. The molecule has 0 unspecified atom stereocenters. The molecule has 8 heteroatoms. The molecule has 2 rings (SSSR count). The van der Waals surface area contributed by atoms with E-state index in [0.29, 0.717) is 28.4 Å². The third-order valence-electron chi connectivity index (χ3n) is 3.68. The van der Waals surface area contributed by atoms with Gasteiger partial charge in [0.15, 0.2) is 11.5 Å². The SMILES string of the molecule is COc1cc(OC)c(OC)cc1CNS(=O)(=O)c1cc(F)ccc1C. The Morgan fingerprint density at radius 2 is 1.56 bits per heavy atom. The Morgan fingerprint density at radius 1 is 0.960 bits per heavy atom. The first kappa shape index (κ1) is 19.0. The maximum atomic E-state index is 13.4. The highest BCUT2D eigenvalue weighted by Gasteiger charge is 2.19. The van der Waals surface area contributed by atoms with Gasteiger partial charge in [0, 0.05) is 18.2 Å². The van der Waals surface area contributed by atoms with E-state index >= 15 is 0 Å². The minimum Gasteiger partial charge on any atom is -0.496 e. The number of methoxy groups -OCH3 is 3. The van der Waals surface area contributed by atoms with Crippen LogP contribution < -0.4 is 18.9 Å². The number of aryl methyl sites for hydroxylation is 1. The van der Waals surface area contributed by atoms with Gasteiger partial charge in [-0.3, -0.25) is 0 Å². The Hall–Kier alpha value is -2.32. The fourth-order valence-corrected chi connectivity index (χ4v) is 3.61. The largest absolute Gasteiger partial charge is 0.496 e. The molecule has 0 aliphatic heterocycles. The van der Waals surface area contributed by atoms with Crippen molar-refractivity contribution in [1.82, 2.24) is 4.72 Å². The lowest BCUT2D eigenvalue weighted by Gasteiger charge is -2.15. The molecule has 0 aliphatic rings. The number of halogens is 1. The quantitative estimate of drug-likeness (QED) is 0.812. The molecule has 0 radical (unpaired) electrons. The van der Waals surface area contributed by atoms with Gasteiger partial charge < -0.3 is 14.2 Å². The Balaban J connectivity index is 2.32. The Labute approximate surface area is 146 Å². The van der Waals surface area contributed by atoms with E-state index < -0.39 is 15.8 Å². The number of rotatable bonds is 7. The van der Waals surface area contributed by atoms with Crippen molar-refractivity contribution in [3.05, 3.63) is 47.3 Å². The molecule has 0 atom stereocenters. The van der Waals surface area contributed by atoms with Crippen LogP contribution in [0.2, 0.25) is 0 Å². The molecule has 0 heterocycles. The van der Waals surface area contributed by atoms with Crippen LogP contribution in [0.15, 0.2) is 35.2 Å². The maximum absolute atomic E-state index is 13.4. The van der Waals surface area contributed by atoms with E-state index in [9.17, 15) is 12.8 Å². The van der Waals surface area contributed by atoms with Gasteiger partial charge in [0.25, 0.3) is 0 Å². The highest BCUT2D eigenvalue weighted by Crippen LogP contribution is 2.34. The Morgan fingerprint density at radius 3 is 2.16 bits per heavy atom. The van der Waals surface area contributed by atoms with Crippen LogP contribution in [0.4, 0.5) is 4.39 Å². The number of ether oxygens (including phenoxy) is 3. The van der Waals surface area contributed by atoms with Gasteiger partial charge in [-0.2, -0.15) is 0 Å². The molecule has 0 bridgehead atoms. The molecule has 0 saturated carbocycles. The second-order valence-electron chi connectivity index (χ2n) is 5.25. The Kier molecular flexibility index (Phi) is 5.86. The first-order chi connectivity index (χ1) is 11.8. The fourth-order valence-electron chi connectivity index (χ4n) is 2.34. The van der Waals surface area contributed by atoms with E-state index in [1.165, 1.54) is 33.5 Å². The second kappa shape index (κ2) is 7.71. The topological polar surface area (TPSA) is 73.9 Å². The predicted molar refractivity (Wildman–Crippen MR) is 91.3 cm³/mol. The van der Waals surface area contributed by atoms with E-state index in [0.717, 1.165) is 6.07 Å². The lowest BCUT2D eigenvalue weighted by molar-refractivity contribution is 0.347. The third-order valence-corrected chi connectivity index (χ3v) is 5.22. The molecule has 2 aromatic carbocycles. The van der Waals surface area contributed by atoms with E-state index in [4.69, 9.17) is 14.2 Å². The molecule has 0 saturated heterocycles. The molecule has 0 spiro atoms. The average Bonchev–Trinajstić information content (AvgIpc) is 2.61. The first-order valence-electron chi connectivity index (χ1n) is 7.37. The van der Waals surface area contributed by atoms with Crippen LogP contribution in [-0.4, -0.2) is 29.7 Å². The molecule has 2 aromatic rings. The number of nitrogens with one attached hydrogen (secondary N) is 1. The zero-order valence-corrected chi connectivity index (χ0v) is 15.2. The predicted octanol–water partition coefficient (Wildman–Crippen LogP) is 2.64. The van der Waals surface area contributed by atoms with Crippen molar-refractivity contribution in [1.29, 1.82) is 0 Å². The molecule has 0 aliphatic carbocycles. The molecule has 0 amide bonds. The van der Waals surface area contributed by atoms with Crippen molar-refractivity contribution in [2.24, 2.45) is 0 Å². The van der Waals surface area contributed by atoms with Gasteiger partial charge in [0.1, 0.15) is 11.6 Å². The van der Waals surface area contributed by atoms with Gasteiger partial charge in [-0.1, -0.05) is 6.07 Å². The number of hydrogen-bond donors (Lipinski definition) is 1. The summed E-state index contributed by atoms with van der Waals surface area (Å²) in [7, 11) is 0.552. The van der Waals surface area contributed by atoms with Gasteiger partial charge >= 0.3 is 0 Å². The molecule has 1 N–H and O–H groups in total. The van der Waals surface area contributed by atoms with Crippen LogP contribution >= 0.6 is 0 Å². The van der Waals surface area contributed by atoms with E-state index in [1.54, 1.807) is 19.1 Å². The normalized spacial score (nSPS) is 11.2. The molecule has 0 fully saturated rings. The molecule has 0 aromatic heterocycles. The van der Waals surface area contributed by atoms with Gasteiger partial charge in [0.2, 0.25) is 10.0 Å². The Bertz CT molecular complexity index is 868. The highest BCUT2D eigenvalue weighted by molar-refractivity contribution is 7.89. The number of sulfonamides is 1. The summed E-state index contributed by atoms with van der Waals surface area (Å²) in [6.45, 7) is 1.55. The van der Waals surface area contributed by atoms with Crippen LogP contribution in [0, 0.1) is 12.7 Å². The highest BCUT2D eigenvalue weighted by atomic mass is 32.2. The summed E-state index contributed by atoms with van der Waals surface area (Å²) in [5.74, 6) is 0.734. The molecular weight excluding hydrogens is 349 g/mol. The first-order valence-corrected chi connectivity index (χ1v) is 8.85.